The van der Waals surface area contributed by atoms with Crippen LogP contribution in [0.4, 0.5) is 5.69 Å². The van der Waals surface area contributed by atoms with Gasteiger partial charge in [-0.25, -0.2) is 0 Å². The molecule has 1 aliphatic heterocycles. The fraction of sp³-hybridized carbons (Fsp3) is 0.231. The molecule has 3 aromatic rings. The zero-order valence-electron chi connectivity index (χ0n) is 18.0. The van der Waals surface area contributed by atoms with Crippen molar-refractivity contribution in [1.29, 1.82) is 0 Å². The van der Waals surface area contributed by atoms with Crippen LogP contribution in [-0.2, 0) is 11.2 Å². The average molecular weight is 445 g/mol. The van der Waals surface area contributed by atoms with Gasteiger partial charge in [0.05, 0.1) is 23.7 Å². The predicted octanol–water partition coefficient (Wildman–Crippen LogP) is 5.37. The van der Waals surface area contributed by atoms with Crippen molar-refractivity contribution in [2.45, 2.75) is 19.8 Å². The van der Waals surface area contributed by atoms with Crippen LogP contribution in [0.15, 0.2) is 89.2 Å². The minimum absolute atomic E-state index is 0.105. The van der Waals surface area contributed by atoms with Crippen LogP contribution in [0, 0.1) is 5.92 Å². The third-order valence-corrected chi connectivity index (χ3v) is 5.66. The Labute approximate surface area is 193 Å². The van der Waals surface area contributed by atoms with Gasteiger partial charge in [0.25, 0.3) is 0 Å². The molecule has 1 aliphatic rings. The second kappa shape index (κ2) is 10.3. The lowest BCUT2D eigenvalue weighted by Gasteiger charge is -2.31. The molecule has 0 aliphatic carbocycles. The summed E-state index contributed by atoms with van der Waals surface area (Å²) in [6.07, 6.45) is 4.57. The monoisotopic (exact) mass is 444 g/mol. The molecule has 0 bridgehead atoms. The van der Waals surface area contributed by atoms with Crippen molar-refractivity contribution >= 4 is 34.5 Å². The lowest BCUT2D eigenvalue weighted by Crippen LogP contribution is -2.44. The highest BCUT2D eigenvalue weighted by Gasteiger charge is 2.35. The van der Waals surface area contributed by atoms with E-state index in [1.807, 2.05) is 78.7 Å². The van der Waals surface area contributed by atoms with Crippen LogP contribution in [0.3, 0.4) is 0 Å². The molecule has 5 nitrogen and oxygen atoms in total. The van der Waals surface area contributed by atoms with Crippen LogP contribution in [0.1, 0.15) is 24.5 Å². The van der Waals surface area contributed by atoms with Gasteiger partial charge in [-0.2, -0.15) is 5.10 Å². The number of hydrazone groups is 1. The molecule has 162 valence electrons. The molecule has 1 aromatic heterocycles. The number of ketones is 1. The Hall–Kier alpha value is -3.31. The molecule has 0 radical (unpaired) electrons. The van der Waals surface area contributed by atoms with E-state index in [0.717, 1.165) is 34.8 Å². The van der Waals surface area contributed by atoms with E-state index in [9.17, 15) is 4.79 Å². The van der Waals surface area contributed by atoms with E-state index in [-0.39, 0.29) is 5.78 Å². The summed E-state index contributed by atoms with van der Waals surface area (Å²) in [6.45, 7) is 3.28. The Morgan fingerprint density at radius 3 is 2.69 bits per heavy atom. The van der Waals surface area contributed by atoms with E-state index < -0.39 is 5.92 Å². The van der Waals surface area contributed by atoms with Gasteiger partial charge in [0, 0.05) is 30.4 Å². The first-order valence-corrected chi connectivity index (χ1v) is 11.2. The quantitative estimate of drug-likeness (QED) is 0.492. The summed E-state index contributed by atoms with van der Waals surface area (Å²) in [4.78, 5) is 22.6. The van der Waals surface area contributed by atoms with Gasteiger partial charge in [0.15, 0.2) is 0 Å². The van der Waals surface area contributed by atoms with Crippen LogP contribution in [0.2, 0.25) is 5.02 Å². The molecule has 0 saturated carbocycles. The molecule has 2 heterocycles. The minimum Gasteiger partial charge on any atom is -0.299 e. The number of benzene rings is 2. The fourth-order valence-electron chi connectivity index (χ4n) is 3.80. The van der Waals surface area contributed by atoms with E-state index in [1.54, 1.807) is 12.4 Å². The molecule has 0 spiro atoms. The van der Waals surface area contributed by atoms with Crippen molar-refractivity contribution < 1.29 is 4.79 Å². The molecular formula is C26H25ClN4O. The van der Waals surface area contributed by atoms with E-state index in [0.29, 0.717) is 24.4 Å². The van der Waals surface area contributed by atoms with Gasteiger partial charge in [-0.1, -0.05) is 54.1 Å². The summed E-state index contributed by atoms with van der Waals surface area (Å²) in [7, 11) is 0. The summed E-state index contributed by atoms with van der Waals surface area (Å²) < 4.78 is 0. The van der Waals surface area contributed by atoms with Crippen molar-refractivity contribution in [1.82, 2.24) is 9.99 Å². The Bertz CT molecular complexity index is 1130. The van der Waals surface area contributed by atoms with Crippen LogP contribution in [0.25, 0.3) is 0 Å². The minimum atomic E-state index is -0.504. The zero-order valence-corrected chi connectivity index (χ0v) is 18.7. The third-order valence-electron chi connectivity index (χ3n) is 5.42. The van der Waals surface area contributed by atoms with Crippen LogP contribution < -0.4 is 0 Å². The number of rotatable bonds is 7. The van der Waals surface area contributed by atoms with E-state index >= 15 is 0 Å². The Morgan fingerprint density at radius 1 is 1.12 bits per heavy atom. The molecular weight excluding hydrogens is 420 g/mol. The zero-order chi connectivity index (χ0) is 22.3. The SMILES string of the molecule is CCN1CC(=Nc2cccc(Cl)c2)C(C(=O)CCc2cccnc2)C(c2ccccc2)=N1. The highest BCUT2D eigenvalue weighted by Crippen LogP contribution is 2.25. The van der Waals surface area contributed by atoms with Crippen LogP contribution in [-0.4, -0.2) is 40.3 Å². The van der Waals surface area contributed by atoms with E-state index in [1.165, 1.54) is 0 Å². The first kappa shape index (κ1) is 21.9. The topological polar surface area (TPSA) is 57.9 Å². The lowest BCUT2D eigenvalue weighted by molar-refractivity contribution is -0.119. The van der Waals surface area contributed by atoms with Crippen molar-refractivity contribution in [3.8, 4) is 0 Å². The van der Waals surface area contributed by atoms with Gasteiger partial charge in [0.1, 0.15) is 11.7 Å². The number of aromatic nitrogens is 1. The third kappa shape index (κ3) is 5.29. The number of aryl methyl sites for hydroxylation is 1. The van der Waals surface area contributed by atoms with Crippen molar-refractivity contribution in [2.75, 3.05) is 13.1 Å². The molecule has 4 rings (SSSR count). The van der Waals surface area contributed by atoms with Crippen molar-refractivity contribution in [2.24, 2.45) is 16.0 Å². The van der Waals surface area contributed by atoms with E-state index in [2.05, 4.69) is 4.98 Å². The molecule has 0 saturated heterocycles. The highest BCUT2D eigenvalue weighted by atomic mass is 35.5. The van der Waals surface area contributed by atoms with E-state index in [4.69, 9.17) is 21.7 Å². The van der Waals surface area contributed by atoms with Crippen LogP contribution >= 0.6 is 11.6 Å². The number of aliphatic imine (C=N–C) groups is 1. The predicted molar refractivity (Wildman–Crippen MR) is 130 cm³/mol. The fourth-order valence-corrected chi connectivity index (χ4v) is 3.99. The van der Waals surface area contributed by atoms with Crippen LogP contribution in [0.5, 0.6) is 0 Å². The van der Waals surface area contributed by atoms with Gasteiger partial charge >= 0.3 is 0 Å². The summed E-state index contributed by atoms with van der Waals surface area (Å²) in [5.74, 6) is -0.399. The van der Waals surface area contributed by atoms with Gasteiger partial charge < -0.3 is 0 Å². The maximum absolute atomic E-state index is 13.6. The molecule has 32 heavy (non-hydrogen) atoms. The number of pyridine rings is 1. The molecule has 0 N–H and O–H groups in total. The maximum atomic E-state index is 13.6. The summed E-state index contributed by atoms with van der Waals surface area (Å²) in [6, 6.07) is 21.2. The van der Waals surface area contributed by atoms with Gasteiger partial charge in [-0.15, -0.1) is 0 Å². The normalized spacial score (nSPS) is 17.3. The summed E-state index contributed by atoms with van der Waals surface area (Å²) in [5.41, 5.74) is 4.25. The number of Topliss-reactive ketones (excluding diaryl/α,β-unsaturated/α-hetero) is 1. The number of halogens is 1. The molecule has 1 unspecified atom stereocenters. The summed E-state index contributed by atoms with van der Waals surface area (Å²) >= 11 is 6.18. The number of hydrogen-bond donors (Lipinski definition) is 0. The standard InChI is InChI=1S/C26H25ClN4O/c1-2-31-18-23(29-22-12-6-11-21(27)16-22)25(26(30-31)20-9-4-3-5-10-20)24(32)14-13-19-8-7-15-28-17-19/h3-12,15-17,25H,2,13-14,18H2,1H3. The highest BCUT2D eigenvalue weighted by molar-refractivity contribution is 6.31. The lowest BCUT2D eigenvalue weighted by atomic mass is 9.85. The second-order valence-corrected chi connectivity index (χ2v) is 8.11. The Morgan fingerprint density at radius 2 is 1.97 bits per heavy atom. The molecule has 0 fully saturated rings. The number of nitrogens with zero attached hydrogens (tertiary/aromatic N) is 4. The van der Waals surface area contributed by atoms with Gasteiger partial charge in [0.2, 0.25) is 0 Å². The smallest absolute Gasteiger partial charge is 0.148 e. The second-order valence-electron chi connectivity index (χ2n) is 7.68. The molecule has 6 heteroatoms. The van der Waals surface area contributed by atoms with Gasteiger partial charge in [-0.3, -0.25) is 19.8 Å². The van der Waals surface area contributed by atoms with Crippen molar-refractivity contribution in [3.63, 3.8) is 0 Å². The molecule has 0 amide bonds. The average Bonchev–Trinajstić information content (AvgIpc) is 2.83. The number of carbonyl (C=O) groups excluding carboxylic acids is 1. The van der Waals surface area contributed by atoms with Crippen molar-refractivity contribution in [3.05, 3.63) is 95.3 Å². The largest absolute Gasteiger partial charge is 0.299 e. The number of hydrogen-bond acceptors (Lipinski definition) is 5. The first-order chi connectivity index (χ1) is 15.6. The molecule has 2 aromatic carbocycles. The number of carbonyl (C=O) groups is 1. The van der Waals surface area contributed by atoms with Gasteiger partial charge in [-0.05, 0) is 48.7 Å². The summed E-state index contributed by atoms with van der Waals surface area (Å²) in [5, 5.41) is 7.42. The Balaban J connectivity index is 1.73. The maximum Gasteiger partial charge on any atom is 0.148 e. The molecule has 1 atom stereocenters. The first-order valence-electron chi connectivity index (χ1n) is 10.8. The Kier molecular flexibility index (Phi) is 7.07.